The molecule has 0 saturated heterocycles. The van der Waals surface area contributed by atoms with Gasteiger partial charge in [-0.1, -0.05) is 40.0 Å². The zero-order valence-electron chi connectivity index (χ0n) is 10.3. The van der Waals surface area contributed by atoms with Crippen LogP contribution in [-0.2, 0) is 4.74 Å². The molecular formula is C12H25NO2. The van der Waals surface area contributed by atoms with Crippen LogP contribution < -0.4 is 5.32 Å². The molecule has 0 aliphatic rings. The summed E-state index contributed by atoms with van der Waals surface area (Å²) >= 11 is 0. The van der Waals surface area contributed by atoms with Gasteiger partial charge < -0.3 is 10.1 Å². The maximum Gasteiger partial charge on any atom is 0.407 e. The molecule has 0 atom stereocenters. The highest BCUT2D eigenvalue weighted by Gasteiger charge is 2.01. The highest BCUT2D eigenvalue weighted by atomic mass is 16.5. The molecular weight excluding hydrogens is 190 g/mol. The summed E-state index contributed by atoms with van der Waals surface area (Å²) < 4.78 is 5.01. The first-order chi connectivity index (χ1) is 7.16. The molecule has 0 aromatic heterocycles. The van der Waals surface area contributed by atoms with Crippen LogP contribution in [-0.4, -0.2) is 19.2 Å². The van der Waals surface area contributed by atoms with Crippen LogP contribution in [0, 0.1) is 5.92 Å². The summed E-state index contributed by atoms with van der Waals surface area (Å²) in [7, 11) is 0. The molecule has 0 heterocycles. The van der Waals surface area contributed by atoms with E-state index < -0.39 is 0 Å². The number of ether oxygens (including phenoxy) is 1. The molecule has 3 nitrogen and oxygen atoms in total. The van der Waals surface area contributed by atoms with Gasteiger partial charge in [-0.3, -0.25) is 0 Å². The monoisotopic (exact) mass is 215 g/mol. The van der Waals surface area contributed by atoms with Crippen molar-refractivity contribution in [1.29, 1.82) is 0 Å². The predicted octanol–water partition coefficient (Wildman–Crippen LogP) is 3.34. The van der Waals surface area contributed by atoms with Gasteiger partial charge in [0.15, 0.2) is 0 Å². The van der Waals surface area contributed by atoms with E-state index in [0.29, 0.717) is 12.5 Å². The number of rotatable bonds is 8. The first-order valence-electron chi connectivity index (χ1n) is 6.07. The van der Waals surface area contributed by atoms with Crippen molar-refractivity contribution in [1.82, 2.24) is 5.32 Å². The van der Waals surface area contributed by atoms with Crippen molar-refractivity contribution in [2.24, 2.45) is 5.92 Å². The molecule has 0 saturated carbocycles. The topological polar surface area (TPSA) is 38.3 Å². The minimum atomic E-state index is -0.271. The van der Waals surface area contributed by atoms with Crippen molar-refractivity contribution in [3.63, 3.8) is 0 Å². The fourth-order valence-electron chi connectivity index (χ4n) is 1.18. The lowest BCUT2D eigenvalue weighted by Crippen LogP contribution is -2.25. The highest BCUT2D eigenvalue weighted by molar-refractivity contribution is 5.66. The Morgan fingerprint density at radius 2 is 2.00 bits per heavy atom. The van der Waals surface area contributed by atoms with E-state index in [9.17, 15) is 4.79 Å². The second-order valence-electron chi connectivity index (χ2n) is 4.31. The Balaban J connectivity index is 3.19. The molecule has 0 aliphatic heterocycles. The van der Waals surface area contributed by atoms with Crippen molar-refractivity contribution in [2.45, 2.75) is 52.9 Å². The van der Waals surface area contributed by atoms with Gasteiger partial charge in [-0.25, -0.2) is 4.79 Å². The van der Waals surface area contributed by atoms with Gasteiger partial charge in [0.1, 0.15) is 0 Å². The Hall–Kier alpha value is -0.730. The van der Waals surface area contributed by atoms with Crippen LogP contribution in [0.3, 0.4) is 0 Å². The van der Waals surface area contributed by atoms with E-state index in [1.807, 2.05) is 0 Å². The fraction of sp³-hybridized carbons (Fsp3) is 0.917. The number of carbonyl (C=O) groups excluding carboxylic acids is 1. The number of unbranched alkanes of at least 4 members (excludes halogenated alkanes) is 3. The van der Waals surface area contributed by atoms with Crippen molar-refractivity contribution in [3.8, 4) is 0 Å². The molecule has 0 spiro atoms. The third-order valence-electron chi connectivity index (χ3n) is 2.23. The maximum atomic E-state index is 11.1. The SMILES string of the molecule is CCCCCCNC(=O)OCCC(C)C. The van der Waals surface area contributed by atoms with Gasteiger partial charge in [-0.15, -0.1) is 0 Å². The summed E-state index contributed by atoms with van der Waals surface area (Å²) in [6, 6.07) is 0. The van der Waals surface area contributed by atoms with E-state index in [4.69, 9.17) is 4.74 Å². The van der Waals surface area contributed by atoms with Crippen LogP contribution in [0.15, 0.2) is 0 Å². The summed E-state index contributed by atoms with van der Waals surface area (Å²) in [5.74, 6) is 0.586. The predicted molar refractivity (Wildman–Crippen MR) is 62.9 cm³/mol. The first-order valence-corrected chi connectivity index (χ1v) is 6.07. The molecule has 1 N–H and O–H groups in total. The van der Waals surface area contributed by atoms with Gasteiger partial charge >= 0.3 is 6.09 Å². The number of hydrogen-bond acceptors (Lipinski definition) is 2. The smallest absolute Gasteiger partial charge is 0.407 e. The molecule has 0 bridgehead atoms. The molecule has 15 heavy (non-hydrogen) atoms. The Bertz CT molecular complexity index is 158. The maximum absolute atomic E-state index is 11.1. The largest absolute Gasteiger partial charge is 0.450 e. The van der Waals surface area contributed by atoms with Crippen LogP contribution >= 0.6 is 0 Å². The van der Waals surface area contributed by atoms with Crippen LogP contribution in [0.25, 0.3) is 0 Å². The van der Waals surface area contributed by atoms with E-state index in [1.54, 1.807) is 0 Å². The molecule has 0 unspecified atom stereocenters. The second-order valence-corrected chi connectivity index (χ2v) is 4.31. The van der Waals surface area contributed by atoms with Crippen LogP contribution in [0.1, 0.15) is 52.9 Å². The third-order valence-corrected chi connectivity index (χ3v) is 2.23. The lowest BCUT2D eigenvalue weighted by atomic mass is 10.1. The molecule has 0 fully saturated rings. The Morgan fingerprint density at radius 1 is 1.27 bits per heavy atom. The minimum Gasteiger partial charge on any atom is -0.450 e. The number of amides is 1. The summed E-state index contributed by atoms with van der Waals surface area (Å²) in [5.41, 5.74) is 0. The van der Waals surface area contributed by atoms with Crippen molar-refractivity contribution in [3.05, 3.63) is 0 Å². The van der Waals surface area contributed by atoms with Gasteiger partial charge in [-0.05, 0) is 18.8 Å². The Labute approximate surface area is 93.6 Å². The van der Waals surface area contributed by atoms with Gasteiger partial charge in [0.2, 0.25) is 0 Å². The van der Waals surface area contributed by atoms with E-state index in [0.717, 1.165) is 19.4 Å². The zero-order valence-corrected chi connectivity index (χ0v) is 10.3. The highest BCUT2D eigenvalue weighted by Crippen LogP contribution is 1.99. The van der Waals surface area contributed by atoms with Gasteiger partial charge in [0.05, 0.1) is 6.61 Å². The van der Waals surface area contributed by atoms with Crippen LogP contribution in [0.4, 0.5) is 4.79 Å². The molecule has 0 aromatic rings. The number of hydrogen-bond donors (Lipinski definition) is 1. The average Bonchev–Trinajstić information content (AvgIpc) is 2.17. The van der Waals surface area contributed by atoms with Crippen LogP contribution in [0.2, 0.25) is 0 Å². The molecule has 3 heteroatoms. The van der Waals surface area contributed by atoms with Gasteiger partial charge in [0, 0.05) is 6.54 Å². The standard InChI is InChI=1S/C12H25NO2/c1-4-5-6-7-9-13-12(14)15-10-8-11(2)3/h11H,4-10H2,1-3H3,(H,13,14). The molecule has 90 valence electrons. The van der Waals surface area contributed by atoms with Crippen molar-refractivity contribution < 1.29 is 9.53 Å². The normalized spacial score (nSPS) is 10.4. The fourth-order valence-corrected chi connectivity index (χ4v) is 1.18. The third kappa shape index (κ3) is 11.2. The van der Waals surface area contributed by atoms with E-state index in [2.05, 4.69) is 26.1 Å². The van der Waals surface area contributed by atoms with Gasteiger partial charge in [-0.2, -0.15) is 0 Å². The van der Waals surface area contributed by atoms with Crippen LogP contribution in [0.5, 0.6) is 0 Å². The summed E-state index contributed by atoms with van der Waals surface area (Å²) in [5, 5.41) is 2.75. The van der Waals surface area contributed by atoms with E-state index >= 15 is 0 Å². The molecule has 0 radical (unpaired) electrons. The Morgan fingerprint density at radius 3 is 2.60 bits per heavy atom. The average molecular weight is 215 g/mol. The van der Waals surface area contributed by atoms with E-state index in [1.165, 1.54) is 19.3 Å². The summed E-state index contributed by atoms with van der Waals surface area (Å²) in [4.78, 5) is 11.1. The van der Waals surface area contributed by atoms with Crippen molar-refractivity contribution in [2.75, 3.05) is 13.2 Å². The molecule has 0 rings (SSSR count). The number of alkyl carbamates (subject to hydrolysis) is 1. The minimum absolute atomic E-state index is 0.271. The summed E-state index contributed by atoms with van der Waals surface area (Å²) in [6.45, 7) is 7.67. The lowest BCUT2D eigenvalue weighted by molar-refractivity contribution is 0.140. The second kappa shape index (κ2) is 9.81. The number of carbonyl (C=O) groups is 1. The Kier molecular flexibility index (Phi) is 9.33. The lowest BCUT2D eigenvalue weighted by Gasteiger charge is -2.07. The zero-order chi connectivity index (χ0) is 11.5. The quantitative estimate of drug-likeness (QED) is 0.631. The molecule has 1 amide bonds. The van der Waals surface area contributed by atoms with Crippen molar-refractivity contribution >= 4 is 6.09 Å². The molecule has 0 aliphatic carbocycles. The summed E-state index contributed by atoms with van der Waals surface area (Å²) in [6.07, 6.45) is 5.36. The number of nitrogens with one attached hydrogen (secondary N) is 1. The molecule has 0 aromatic carbocycles. The van der Waals surface area contributed by atoms with Gasteiger partial charge in [0.25, 0.3) is 0 Å². The first kappa shape index (κ1) is 14.3. The van der Waals surface area contributed by atoms with E-state index in [-0.39, 0.29) is 6.09 Å².